The number of amides is 1. The molecule has 1 saturated carbocycles. The molecule has 4 rings (SSSR count). The van der Waals surface area contributed by atoms with E-state index < -0.39 is 9.84 Å². The van der Waals surface area contributed by atoms with E-state index >= 15 is 0 Å². The Bertz CT molecular complexity index is 1130. The second-order valence-corrected chi connectivity index (χ2v) is 10.1. The Morgan fingerprint density at radius 1 is 1.00 bits per heavy atom. The topological polar surface area (TPSA) is 59.4 Å². The van der Waals surface area contributed by atoms with Crippen molar-refractivity contribution in [1.29, 1.82) is 0 Å². The fraction of sp³-hybridized carbons (Fsp3) is 0.375. The molecule has 6 heteroatoms. The Balaban J connectivity index is 1.63. The van der Waals surface area contributed by atoms with Gasteiger partial charge in [-0.2, -0.15) is 0 Å². The van der Waals surface area contributed by atoms with Gasteiger partial charge in [0.25, 0.3) is 0 Å². The molecule has 0 aliphatic heterocycles. The average Bonchev–Trinajstić information content (AvgIpc) is 3.14. The van der Waals surface area contributed by atoms with E-state index in [1.54, 1.807) is 10.8 Å². The highest BCUT2D eigenvalue weighted by molar-refractivity contribution is 7.90. The minimum Gasteiger partial charge on any atom is -0.341 e. The summed E-state index contributed by atoms with van der Waals surface area (Å²) < 4.78 is 28.2. The van der Waals surface area contributed by atoms with Crippen molar-refractivity contribution >= 4 is 26.6 Å². The third-order valence-corrected chi connectivity index (χ3v) is 7.82. The Labute approximate surface area is 178 Å². The maximum atomic E-state index is 13.2. The molecule has 1 aliphatic carbocycles. The van der Waals surface area contributed by atoms with E-state index in [1.807, 2.05) is 66.5 Å². The first-order valence-electron chi connectivity index (χ1n) is 10.6. The van der Waals surface area contributed by atoms with Gasteiger partial charge in [0.1, 0.15) is 6.54 Å². The molecule has 1 aliphatic rings. The van der Waals surface area contributed by atoms with Gasteiger partial charge >= 0.3 is 0 Å². The quantitative estimate of drug-likeness (QED) is 0.589. The van der Waals surface area contributed by atoms with Crippen LogP contribution < -0.4 is 0 Å². The summed E-state index contributed by atoms with van der Waals surface area (Å²) in [5.41, 5.74) is 1.52. The number of nitrogens with zero attached hydrogens (tertiary/aromatic N) is 2. The summed E-state index contributed by atoms with van der Waals surface area (Å²) in [5.74, 6) is -0.0349. The van der Waals surface area contributed by atoms with Crippen molar-refractivity contribution < 1.29 is 13.2 Å². The molecular formula is C24H28N2O3S. The third kappa shape index (κ3) is 4.29. The van der Waals surface area contributed by atoms with Crippen molar-refractivity contribution in [3.63, 3.8) is 0 Å². The molecule has 0 unspecified atom stereocenters. The first-order chi connectivity index (χ1) is 14.5. The van der Waals surface area contributed by atoms with Gasteiger partial charge in [-0.05, 0) is 24.5 Å². The van der Waals surface area contributed by atoms with Gasteiger partial charge in [0.2, 0.25) is 5.91 Å². The van der Waals surface area contributed by atoms with Crippen LogP contribution in [0.25, 0.3) is 10.9 Å². The highest BCUT2D eigenvalue weighted by Crippen LogP contribution is 2.29. The first kappa shape index (κ1) is 20.7. The van der Waals surface area contributed by atoms with E-state index in [0.717, 1.165) is 36.8 Å². The number of para-hydroxylation sites is 1. The van der Waals surface area contributed by atoms with Crippen LogP contribution in [0.15, 0.2) is 65.7 Å². The smallest absolute Gasteiger partial charge is 0.242 e. The Hall–Kier alpha value is -2.60. The van der Waals surface area contributed by atoms with E-state index in [2.05, 4.69) is 0 Å². The molecule has 2 aromatic carbocycles. The molecule has 158 valence electrons. The normalized spacial score (nSPS) is 15.4. The second-order valence-electron chi connectivity index (χ2n) is 8.18. The first-order valence-corrected chi connectivity index (χ1v) is 12.2. The van der Waals surface area contributed by atoms with Crippen LogP contribution in [0.1, 0.15) is 37.7 Å². The summed E-state index contributed by atoms with van der Waals surface area (Å²) in [4.78, 5) is 15.1. The number of rotatable bonds is 6. The van der Waals surface area contributed by atoms with Gasteiger partial charge in [0.05, 0.1) is 10.6 Å². The summed E-state index contributed by atoms with van der Waals surface area (Å²) in [6.45, 7) is 0.147. The number of hydrogen-bond acceptors (Lipinski definition) is 3. The van der Waals surface area contributed by atoms with Crippen molar-refractivity contribution in [3.8, 4) is 0 Å². The summed E-state index contributed by atoms with van der Waals surface area (Å²) >= 11 is 0. The SMILES string of the molecule is CN(C(=O)Cn1cc(S(=O)(=O)Cc2ccccc2)c2ccccc21)C1CCCCC1. The predicted molar refractivity (Wildman–Crippen MR) is 119 cm³/mol. The van der Waals surface area contributed by atoms with Crippen LogP contribution in [0.2, 0.25) is 0 Å². The van der Waals surface area contributed by atoms with Gasteiger partial charge in [0.15, 0.2) is 9.84 Å². The zero-order chi connectivity index (χ0) is 21.1. The predicted octanol–water partition coefficient (Wildman–Crippen LogP) is 4.41. The molecule has 0 saturated heterocycles. The van der Waals surface area contributed by atoms with Crippen LogP contribution in [0.4, 0.5) is 0 Å². The molecule has 1 fully saturated rings. The van der Waals surface area contributed by atoms with Crippen LogP contribution in [-0.4, -0.2) is 36.9 Å². The fourth-order valence-electron chi connectivity index (χ4n) is 4.39. The summed E-state index contributed by atoms with van der Waals surface area (Å²) in [6.07, 6.45) is 7.29. The molecule has 1 heterocycles. The van der Waals surface area contributed by atoms with Crippen molar-refractivity contribution in [2.24, 2.45) is 0 Å². The number of carbonyl (C=O) groups excluding carboxylic acids is 1. The lowest BCUT2D eigenvalue weighted by Gasteiger charge is -2.31. The molecular weight excluding hydrogens is 396 g/mol. The number of hydrogen-bond donors (Lipinski definition) is 0. The summed E-state index contributed by atoms with van der Waals surface area (Å²) in [7, 11) is -1.67. The lowest BCUT2D eigenvalue weighted by atomic mass is 9.94. The van der Waals surface area contributed by atoms with E-state index in [-0.39, 0.29) is 29.1 Å². The number of carbonyl (C=O) groups is 1. The van der Waals surface area contributed by atoms with Crippen molar-refractivity contribution in [3.05, 3.63) is 66.4 Å². The molecule has 0 bridgehead atoms. The largest absolute Gasteiger partial charge is 0.341 e. The van der Waals surface area contributed by atoms with Crippen molar-refractivity contribution in [2.45, 2.75) is 55.3 Å². The molecule has 5 nitrogen and oxygen atoms in total. The molecule has 3 aromatic rings. The number of sulfone groups is 1. The van der Waals surface area contributed by atoms with Crippen LogP contribution >= 0.6 is 0 Å². The number of aromatic nitrogens is 1. The maximum absolute atomic E-state index is 13.2. The van der Waals surface area contributed by atoms with Crippen LogP contribution in [0.5, 0.6) is 0 Å². The van der Waals surface area contributed by atoms with E-state index in [9.17, 15) is 13.2 Å². The Kier molecular flexibility index (Phi) is 5.95. The molecule has 0 spiro atoms. The van der Waals surface area contributed by atoms with Crippen LogP contribution in [-0.2, 0) is 26.9 Å². The molecule has 1 amide bonds. The lowest BCUT2D eigenvalue weighted by Crippen LogP contribution is -2.40. The third-order valence-electron chi connectivity index (χ3n) is 6.11. The molecule has 0 radical (unpaired) electrons. The van der Waals surface area contributed by atoms with E-state index in [0.29, 0.717) is 5.39 Å². The molecule has 0 N–H and O–H groups in total. The lowest BCUT2D eigenvalue weighted by molar-refractivity contribution is -0.133. The molecule has 1 aromatic heterocycles. The Morgan fingerprint density at radius 2 is 1.67 bits per heavy atom. The zero-order valence-corrected chi connectivity index (χ0v) is 18.1. The average molecular weight is 425 g/mol. The molecule has 0 atom stereocenters. The van der Waals surface area contributed by atoms with Crippen molar-refractivity contribution in [1.82, 2.24) is 9.47 Å². The fourth-order valence-corrected chi connectivity index (χ4v) is 5.97. The number of benzene rings is 2. The van der Waals surface area contributed by atoms with Gasteiger partial charge in [0, 0.05) is 30.2 Å². The monoisotopic (exact) mass is 424 g/mol. The molecule has 30 heavy (non-hydrogen) atoms. The second kappa shape index (κ2) is 8.64. The maximum Gasteiger partial charge on any atom is 0.242 e. The summed E-state index contributed by atoms with van der Waals surface area (Å²) in [5, 5.41) is 0.668. The van der Waals surface area contributed by atoms with Crippen LogP contribution in [0.3, 0.4) is 0 Å². The van der Waals surface area contributed by atoms with Gasteiger partial charge in [-0.15, -0.1) is 0 Å². The van der Waals surface area contributed by atoms with Crippen LogP contribution in [0, 0.1) is 0 Å². The number of fused-ring (bicyclic) bond motifs is 1. The summed E-state index contributed by atoms with van der Waals surface area (Å²) in [6, 6.07) is 16.9. The van der Waals surface area contributed by atoms with Gasteiger partial charge in [-0.3, -0.25) is 4.79 Å². The van der Waals surface area contributed by atoms with E-state index in [4.69, 9.17) is 0 Å². The standard InChI is InChI=1S/C24H28N2O3S/c1-25(20-12-6-3-7-13-20)24(27)17-26-16-23(21-14-8-9-15-22(21)26)30(28,29)18-19-10-4-2-5-11-19/h2,4-5,8-11,14-16,20H,3,6-7,12-13,17-18H2,1H3. The minimum absolute atomic E-state index is 0.0228. The van der Waals surface area contributed by atoms with Gasteiger partial charge < -0.3 is 9.47 Å². The highest BCUT2D eigenvalue weighted by atomic mass is 32.2. The minimum atomic E-state index is -3.54. The highest BCUT2D eigenvalue weighted by Gasteiger charge is 2.25. The Morgan fingerprint density at radius 3 is 2.40 bits per heavy atom. The number of likely N-dealkylation sites (N-methyl/N-ethyl adjacent to an activating group) is 1. The van der Waals surface area contributed by atoms with E-state index in [1.165, 1.54) is 6.42 Å². The van der Waals surface area contributed by atoms with Gasteiger partial charge in [-0.25, -0.2) is 8.42 Å². The van der Waals surface area contributed by atoms with Gasteiger partial charge in [-0.1, -0.05) is 67.8 Å². The van der Waals surface area contributed by atoms with Crippen molar-refractivity contribution in [2.75, 3.05) is 7.05 Å². The zero-order valence-electron chi connectivity index (χ0n) is 17.3.